The molecule has 0 radical (unpaired) electrons. The van der Waals surface area contributed by atoms with Crippen molar-refractivity contribution in [3.63, 3.8) is 0 Å². The van der Waals surface area contributed by atoms with Gasteiger partial charge >= 0.3 is 0 Å². The molecule has 0 saturated heterocycles. The molecular weight excluding hydrogens is 192 g/mol. The van der Waals surface area contributed by atoms with Crippen molar-refractivity contribution in [3.05, 3.63) is 30.3 Å². The van der Waals surface area contributed by atoms with Crippen LogP contribution in [0.15, 0.2) is 35.2 Å². The molecule has 1 aromatic carbocycles. The highest BCUT2D eigenvalue weighted by molar-refractivity contribution is 7.99. The molecule has 0 bridgehead atoms. The molecule has 78 valence electrons. The van der Waals surface area contributed by atoms with Gasteiger partial charge in [0.15, 0.2) is 0 Å². The van der Waals surface area contributed by atoms with Crippen LogP contribution < -0.4 is 0 Å². The van der Waals surface area contributed by atoms with Crippen LogP contribution in [0.1, 0.15) is 20.3 Å². The van der Waals surface area contributed by atoms with Crippen LogP contribution in [0.2, 0.25) is 0 Å². The lowest BCUT2D eigenvalue weighted by molar-refractivity contribution is 0.228. The van der Waals surface area contributed by atoms with Gasteiger partial charge < -0.3 is 5.11 Å². The van der Waals surface area contributed by atoms with Gasteiger partial charge in [-0.05, 0) is 24.0 Å². The summed E-state index contributed by atoms with van der Waals surface area (Å²) >= 11 is 1.86. The highest BCUT2D eigenvalue weighted by Gasteiger charge is 2.16. The predicted octanol–water partition coefficient (Wildman–Crippen LogP) is 3.19. The maximum Gasteiger partial charge on any atom is 0.0436 e. The third-order valence-corrected chi connectivity index (χ3v) is 3.69. The Morgan fingerprint density at radius 3 is 2.43 bits per heavy atom. The molecule has 0 spiro atoms. The average Bonchev–Trinajstić information content (AvgIpc) is 2.17. The fraction of sp³-hybridized carbons (Fsp3) is 0.500. The van der Waals surface area contributed by atoms with Gasteiger partial charge in [0, 0.05) is 17.3 Å². The quantitative estimate of drug-likeness (QED) is 0.753. The van der Waals surface area contributed by atoms with Crippen LogP contribution in [0.4, 0.5) is 0 Å². The number of hydrogen-bond donors (Lipinski definition) is 1. The van der Waals surface area contributed by atoms with E-state index < -0.39 is 0 Å². The smallest absolute Gasteiger partial charge is 0.0436 e. The van der Waals surface area contributed by atoms with Gasteiger partial charge in [-0.1, -0.05) is 32.0 Å². The van der Waals surface area contributed by atoms with Gasteiger partial charge in [0.05, 0.1) is 0 Å². The number of aliphatic hydroxyl groups is 1. The number of rotatable bonds is 5. The Bertz CT molecular complexity index is 256. The van der Waals surface area contributed by atoms with E-state index >= 15 is 0 Å². The summed E-state index contributed by atoms with van der Waals surface area (Å²) in [5.41, 5.74) is 0.218. The lowest BCUT2D eigenvalue weighted by Gasteiger charge is -2.22. The van der Waals surface area contributed by atoms with Crippen molar-refractivity contribution in [2.45, 2.75) is 25.2 Å². The van der Waals surface area contributed by atoms with E-state index in [0.717, 1.165) is 12.2 Å². The molecule has 0 amide bonds. The number of aliphatic hydroxyl groups excluding tert-OH is 1. The molecule has 2 heteroatoms. The van der Waals surface area contributed by atoms with Gasteiger partial charge in [-0.15, -0.1) is 11.8 Å². The average molecular weight is 210 g/mol. The van der Waals surface area contributed by atoms with Crippen LogP contribution in [-0.4, -0.2) is 17.5 Å². The fourth-order valence-corrected chi connectivity index (χ4v) is 2.22. The Kier molecular flexibility index (Phi) is 4.49. The molecule has 1 N–H and O–H groups in total. The van der Waals surface area contributed by atoms with E-state index in [1.165, 1.54) is 4.90 Å². The Morgan fingerprint density at radius 1 is 1.21 bits per heavy atom. The van der Waals surface area contributed by atoms with Crippen LogP contribution in [0, 0.1) is 5.41 Å². The molecule has 14 heavy (non-hydrogen) atoms. The zero-order chi connectivity index (χ0) is 10.4. The summed E-state index contributed by atoms with van der Waals surface area (Å²) in [5, 5.41) is 8.89. The fourth-order valence-electron chi connectivity index (χ4n) is 1.17. The van der Waals surface area contributed by atoms with Crippen LogP contribution >= 0.6 is 11.8 Å². The van der Waals surface area contributed by atoms with Crippen molar-refractivity contribution in [1.29, 1.82) is 0 Å². The molecule has 1 nitrogen and oxygen atoms in total. The molecule has 1 aromatic rings. The minimum atomic E-state index is 0.218. The minimum absolute atomic E-state index is 0.218. The predicted molar refractivity (Wildman–Crippen MR) is 62.6 cm³/mol. The van der Waals surface area contributed by atoms with Crippen molar-refractivity contribution in [2.75, 3.05) is 12.4 Å². The van der Waals surface area contributed by atoms with Crippen molar-refractivity contribution in [2.24, 2.45) is 5.41 Å². The van der Waals surface area contributed by atoms with Gasteiger partial charge in [-0.2, -0.15) is 0 Å². The van der Waals surface area contributed by atoms with Crippen molar-refractivity contribution in [1.82, 2.24) is 0 Å². The molecule has 1 rings (SSSR count). The molecule has 0 saturated carbocycles. The van der Waals surface area contributed by atoms with E-state index in [2.05, 4.69) is 38.1 Å². The van der Waals surface area contributed by atoms with E-state index in [4.69, 9.17) is 5.11 Å². The second-order valence-electron chi connectivity index (χ2n) is 4.24. The normalized spacial score (nSPS) is 11.6. The standard InChI is InChI=1S/C12H18OS/c1-12(2,8-9-13)10-14-11-6-4-3-5-7-11/h3-7,13H,8-10H2,1-2H3. The van der Waals surface area contributed by atoms with E-state index in [1.54, 1.807) is 0 Å². The van der Waals surface area contributed by atoms with E-state index in [1.807, 2.05) is 17.8 Å². The van der Waals surface area contributed by atoms with Gasteiger partial charge in [-0.25, -0.2) is 0 Å². The Hall–Kier alpha value is -0.470. The highest BCUT2D eigenvalue weighted by atomic mass is 32.2. The zero-order valence-corrected chi connectivity index (χ0v) is 9.68. The highest BCUT2D eigenvalue weighted by Crippen LogP contribution is 2.29. The summed E-state index contributed by atoms with van der Waals surface area (Å²) in [7, 11) is 0. The summed E-state index contributed by atoms with van der Waals surface area (Å²) in [6, 6.07) is 10.4. The topological polar surface area (TPSA) is 20.2 Å². The Morgan fingerprint density at radius 2 is 1.86 bits per heavy atom. The van der Waals surface area contributed by atoms with Crippen LogP contribution in [0.25, 0.3) is 0 Å². The molecular formula is C12H18OS. The summed E-state index contributed by atoms with van der Waals surface area (Å²) in [5.74, 6) is 1.05. The van der Waals surface area contributed by atoms with Crippen molar-refractivity contribution < 1.29 is 5.11 Å². The third kappa shape index (κ3) is 4.16. The van der Waals surface area contributed by atoms with Crippen molar-refractivity contribution in [3.8, 4) is 0 Å². The monoisotopic (exact) mass is 210 g/mol. The largest absolute Gasteiger partial charge is 0.396 e. The number of benzene rings is 1. The van der Waals surface area contributed by atoms with Gasteiger partial charge in [0.2, 0.25) is 0 Å². The lowest BCUT2D eigenvalue weighted by Crippen LogP contribution is -2.16. The summed E-state index contributed by atoms with van der Waals surface area (Å²) < 4.78 is 0. The molecule has 0 aromatic heterocycles. The minimum Gasteiger partial charge on any atom is -0.396 e. The second-order valence-corrected chi connectivity index (χ2v) is 5.29. The van der Waals surface area contributed by atoms with Crippen molar-refractivity contribution >= 4 is 11.8 Å². The summed E-state index contributed by atoms with van der Waals surface area (Å²) in [6.45, 7) is 4.67. The molecule has 0 fully saturated rings. The van der Waals surface area contributed by atoms with Crippen LogP contribution in [0.5, 0.6) is 0 Å². The van der Waals surface area contributed by atoms with Crippen LogP contribution in [0.3, 0.4) is 0 Å². The third-order valence-electron chi connectivity index (χ3n) is 2.16. The summed E-state index contributed by atoms with van der Waals surface area (Å²) in [4.78, 5) is 1.30. The SMILES string of the molecule is CC(C)(CCO)CSc1ccccc1. The van der Waals surface area contributed by atoms with Gasteiger partial charge in [-0.3, -0.25) is 0 Å². The molecule has 0 heterocycles. The first-order chi connectivity index (χ1) is 6.64. The first-order valence-electron chi connectivity index (χ1n) is 4.93. The maximum atomic E-state index is 8.89. The number of thioether (sulfide) groups is 1. The van der Waals surface area contributed by atoms with E-state index in [0.29, 0.717) is 0 Å². The first kappa shape index (κ1) is 11.6. The number of hydrogen-bond acceptors (Lipinski definition) is 2. The van der Waals surface area contributed by atoms with Gasteiger partial charge in [0.1, 0.15) is 0 Å². The Balaban J connectivity index is 2.40. The molecule has 0 atom stereocenters. The molecule has 0 unspecified atom stereocenters. The summed E-state index contributed by atoms with van der Waals surface area (Å²) in [6.07, 6.45) is 0.868. The second kappa shape index (κ2) is 5.42. The van der Waals surface area contributed by atoms with E-state index in [-0.39, 0.29) is 12.0 Å². The maximum absolute atomic E-state index is 8.89. The van der Waals surface area contributed by atoms with E-state index in [9.17, 15) is 0 Å². The molecule has 0 aliphatic rings. The molecule has 0 aliphatic carbocycles. The molecule has 0 aliphatic heterocycles. The zero-order valence-electron chi connectivity index (χ0n) is 8.86. The Labute approximate surface area is 90.5 Å². The van der Waals surface area contributed by atoms with Crippen LogP contribution in [-0.2, 0) is 0 Å². The lowest BCUT2D eigenvalue weighted by atomic mass is 9.93. The first-order valence-corrected chi connectivity index (χ1v) is 5.91. The van der Waals surface area contributed by atoms with Gasteiger partial charge in [0.25, 0.3) is 0 Å².